The summed E-state index contributed by atoms with van der Waals surface area (Å²) in [5.41, 5.74) is 6.69. The summed E-state index contributed by atoms with van der Waals surface area (Å²) in [7, 11) is 2.02. The minimum atomic E-state index is 0.546. The van der Waals surface area contributed by atoms with Gasteiger partial charge in [0.1, 0.15) is 0 Å². The summed E-state index contributed by atoms with van der Waals surface area (Å²) >= 11 is 0. The molecule has 3 heterocycles. The molecule has 4 aromatic rings. The second kappa shape index (κ2) is 7.74. The van der Waals surface area contributed by atoms with Crippen LogP contribution < -0.4 is 0 Å². The van der Waals surface area contributed by atoms with Crippen molar-refractivity contribution in [2.75, 3.05) is 7.05 Å². The zero-order chi connectivity index (χ0) is 19.5. The number of hydrogen-bond donors (Lipinski definition) is 1. The lowest BCUT2D eigenvalue weighted by Gasteiger charge is -2.14. The fourth-order valence-corrected chi connectivity index (χ4v) is 3.09. The Labute approximate surface area is 163 Å². The molecule has 3 aromatic heterocycles. The molecule has 142 valence electrons. The number of nitrogens with zero attached hydrogens (tertiary/aromatic N) is 5. The zero-order valence-corrected chi connectivity index (χ0v) is 16.2. The zero-order valence-electron chi connectivity index (χ0n) is 16.2. The summed E-state index contributed by atoms with van der Waals surface area (Å²) in [6, 6.07) is 10.2. The van der Waals surface area contributed by atoms with Gasteiger partial charge >= 0.3 is 0 Å². The number of benzene rings is 1. The summed E-state index contributed by atoms with van der Waals surface area (Å²) in [4.78, 5) is 10.7. The highest BCUT2D eigenvalue weighted by atomic mass is 16.5. The molecule has 0 spiro atoms. The number of aromatic amines is 1. The van der Waals surface area contributed by atoms with Crippen molar-refractivity contribution in [3.63, 3.8) is 0 Å². The quantitative estimate of drug-likeness (QED) is 0.553. The average Bonchev–Trinajstić information content (AvgIpc) is 3.34. The topological polar surface area (TPSA) is 83.7 Å². The first-order valence-electron chi connectivity index (χ1n) is 9.11. The number of pyridine rings is 1. The Morgan fingerprint density at radius 3 is 2.71 bits per heavy atom. The van der Waals surface area contributed by atoms with Crippen molar-refractivity contribution in [3.8, 4) is 22.6 Å². The molecule has 7 nitrogen and oxygen atoms in total. The molecule has 1 N–H and O–H groups in total. The number of nitrogens with one attached hydrogen (secondary N) is 1. The molecule has 0 unspecified atom stereocenters. The van der Waals surface area contributed by atoms with Crippen LogP contribution in [0.1, 0.15) is 22.6 Å². The Morgan fingerprint density at radius 2 is 1.93 bits per heavy atom. The molecule has 0 saturated carbocycles. The van der Waals surface area contributed by atoms with E-state index in [9.17, 15) is 0 Å². The minimum absolute atomic E-state index is 0.546. The molecule has 7 heteroatoms. The Kier molecular flexibility index (Phi) is 4.99. The summed E-state index contributed by atoms with van der Waals surface area (Å²) in [6.07, 6.45) is 5.31. The van der Waals surface area contributed by atoms with Gasteiger partial charge in [0.15, 0.2) is 0 Å². The van der Waals surface area contributed by atoms with Gasteiger partial charge in [0, 0.05) is 35.6 Å². The normalized spacial score (nSPS) is 11.3. The van der Waals surface area contributed by atoms with E-state index in [4.69, 9.17) is 4.52 Å². The number of aromatic nitrogens is 5. The molecular weight excluding hydrogens is 352 g/mol. The number of aryl methyl sites for hydroxylation is 2. The maximum Gasteiger partial charge on any atom is 0.241 e. The van der Waals surface area contributed by atoms with E-state index in [1.165, 1.54) is 11.1 Å². The second-order valence-electron chi connectivity index (χ2n) is 6.99. The third-order valence-electron chi connectivity index (χ3n) is 4.75. The molecule has 0 fully saturated rings. The van der Waals surface area contributed by atoms with Gasteiger partial charge in [0.25, 0.3) is 0 Å². The van der Waals surface area contributed by atoms with E-state index < -0.39 is 0 Å². The molecule has 0 radical (unpaired) electrons. The molecule has 0 atom stereocenters. The standard InChI is InChI=1S/C21H22N6O/c1-14-6-7-16(9-15(14)2)20-18(11-23-25-20)12-27(3)13-19-24-21(26-28-19)17-5-4-8-22-10-17/h4-11H,12-13H2,1-3H3,(H,23,25). The van der Waals surface area contributed by atoms with E-state index in [1.54, 1.807) is 12.4 Å². The predicted octanol–water partition coefficient (Wildman–Crippen LogP) is 3.77. The van der Waals surface area contributed by atoms with Gasteiger partial charge in [0.05, 0.1) is 18.4 Å². The highest BCUT2D eigenvalue weighted by molar-refractivity contribution is 5.64. The minimum Gasteiger partial charge on any atom is -0.338 e. The largest absolute Gasteiger partial charge is 0.338 e. The van der Waals surface area contributed by atoms with Crippen molar-refractivity contribution in [1.82, 2.24) is 30.2 Å². The van der Waals surface area contributed by atoms with Gasteiger partial charge in [-0.05, 0) is 50.2 Å². The Morgan fingerprint density at radius 1 is 1.04 bits per heavy atom. The third-order valence-corrected chi connectivity index (χ3v) is 4.75. The van der Waals surface area contributed by atoms with Crippen LogP contribution in [-0.2, 0) is 13.1 Å². The Balaban J connectivity index is 1.46. The van der Waals surface area contributed by atoms with Crippen LogP contribution in [0.25, 0.3) is 22.6 Å². The lowest BCUT2D eigenvalue weighted by atomic mass is 10.0. The predicted molar refractivity (Wildman–Crippen MR) is 106 cm³/mol. The van der Waals surface area contributed by atoms with E-state index in [1.807, 2.05) is 25.4 Å². The van der Waals surface area contributed by atoms with Crippen LogP contribution in [-0.4, -0.2) is 37.3 Å². The van der Waals surface area contributed by atoms with Crippen molar-refractivity contribution in [1.29, 1.82) is 0 Å². The van der Waals surface area contributed by atoms with Crippen LogP contribution in [0.15, 0.2) is 53.4 Å². The molecule has 28 heavy (non-hydrogen) atoms. The van der Waals surface area contributed by atoms with Gasteiger partial charge in [-0.3, -0.25) is 15.0 Å². The molecular formula is C21H22N6O. The molecule has 0 aliphatic carbocycles. The van der Waals surface area contributed by atoms with Gasteiger partial charge in [-0.15, -0.1) is 0 Å². The monoisotopic (exact) mass is 374 g/mol. The van der Waals surface area contributed by atoms with Gasteiger partial charge in [-0.2, -0.15) is 10.1 Å². The summed E-state index contributed by atoms with van der Waals surface area (Å²) in [5, 5.41) is 11.4. The van der Waals surface area contributed by atoms with E-state index in [0.717, 1.165) is 22.4 Å². The SMILES string of the molecule is Cc1ccc(-c2[nH]ncc2CN(C)Cc2nc(-c3cccnc3)no2)cc1C. The maximum absolute atomic E-state index is 5.40. The molecule has 0 saturated heterocycles. The van der Waals surface area contributed by atoms with Gasteiger partial charge in [0.2, 0.25) is 11.7 Å². The second-order valence-corrected chi connectivity index (χ2v) is 6.99. The number of hydrogen-bond acceptors (Lipinski definition) is 6. The molecule has 4 rings (SSSR count). The Bertz CT molecular complexity index is 1070. The molecule has 0 amide bonds. The van der Waals surface area contributed by atoms with Gasteiger partial charge in [-0.25, -0.2) is 0 Å². The van der Waals surface area contributed by atoms with Crippen LogP contribution in [0.2, 0.25) is 0 Å². The van der Waals surface area contributed by atoms with Crippen LogP contribution in [0.3, 0.4) is 0 Å². The maximum atomic E-state index is 5.40. The lowest BCUT2D eigenvalue weighted by Crippen LogP contribution is -2.17. The molecule has 0 aliphatic rings. The first kappa shape index (κ1) is 18.1. The number of H-pyrrole nitrogens is 1. The smallest absolute Gasteiger partial charge is 0.241 e. The van der Waals surface area contributed by atoms with Gasteiger partial charge in [-0.1, -0.05) is 17.3 Å². The van der Waals surface area contributed by atoms with E-state index >= 15 is 0 Å². The fraction of sp³-hybridized carbons (Fsp3) is 0.238. The number of rotatable bonds is 6. The van der Waals surface area contributed by atoms with Crippen molar-refractivity contribution in [3.05, 3.63) is 71.5 Å². The third kappa shape index (κ3) is 3.84. The highest BCUT2D eigenvalue weighted by Crippen LogP contribution is 2.24. The van der Waals surface area contributed by atoms with Crippen LogP contribution in [0, 0.1) is 13.8 Å². The van der Waals surface area contributed by atoms with Crippen molar-refractivity contribution in [2.24, 2.45) is 0 Å². The van der Waals surface area contributed by atoms with Crippen molar-refractivity contribution >= 4 is 0 Å². The van der Waals surface area contributed by atoms with Crippen molar-refractivity contribution in [2.45, 2.75) is 26.9 Å². The van der Waals surface area contributed by atoms with E-state index in [-0.39, 0.29) is 0 Å². The van der Waals surface area contributed by atoms with Crippen LogP contribution in [0.4, 0.5) is 0 Å². The fourth-order valence-electron chi connectivity index (χ4n) is 3.09. The van der Waals surface area contributed by atoms with Crippen LogP contribution in [0.5, 0.6) is 0 Å². The van der Waals surface area contributed by atoms with E-state index in [2.05, 4.69) is 62.3 Å². The highest BCUT2D eigenvalue weighted by Gasteiger charge is 2.14. The molecule has 1 aromatic carbocycles. The molecule has 0 aliphatic heterocycles. The summed E-state index contributed by atoms with van der Waals surface area (Å²) in [6.45, 7) is 5.50. The first-order chi connectivity index (χ1) is 13.6. The molecule has 0 bridgehead atoms. The summed E-state index contributed by atoms with van der Waals surface area (Å²) < 4.78 is 5.40. The lowest BCUT2D eigenvalue weighted by molar-refractivity contribution is 0.261. The van der Waals surface area contributed by atoms with Crippen molar-refractivity contribution < 1.29 is 4.52 Å². The summed E-state index contributed by atoms with van der Waals surface area (Å²) in [5.74, 6) is 1.12. The average molecular weight is 374 g/mol. The van der Waals surface area contributed by atoms with E-state index in [0.29, 0.717) is 24.8 Å². The van der Waals surface area contributed by atoms with Gasteiger partial charge < -0.3 is 4.52 Å². The van der Waals surface area contributed by atoms with Crippen LogP contribution >= 0.6 is 0 Å². The Hall–Kier alpha value is -3.32. The first-order valence-corrected chi connectivity index (χ1v) is 9.11.